The number of piperidine rings is 1. The first kappa shape index (κ1) is 20.0. The molecule has 2 aromatic heterocycles. The first-order chi connectivity index (χ1) is 14.5. The Balaban J connectivity index is 1.48. The Bertz CT molecular complexity index is 1050. The number of amides is 1. The molecule has 0 saturated carbocycles. The number of aromatic nitrogens is 3. The van der Waals surface area contributed by atoms with E-state index in [-0.39, 0.29) is 43.8 Å². The number of rotatable bonds is 4. The Labute approximate surface area is 171 Å². The topological polar surface area (TPSA) is 59.0 Å². The van der Waals surface area contributed by atoms with E-state index in [9.17, 15) is 13.6 Å². The van der Waals surface area contributed by atoms with Gasteiger partial charge in [0.15, 0.2) is 0 Å². The maximum atomic E-state index is 15.3. The minimum Gasteiger partial charge on any atom is -0.338 e. The molecule has 1 aromatic carbocycles. The average Bonchev–Trinajstić information content (AvgIpc) is 2.76. The molecule has 154 valence electrons. The highest BCUT2D eigenvalue weighted by Gasteiger charge is 2.37. The van der Waals surface area contributed by atoms with E-state index in [1.165, 1.54) is 12.4 Å². The fourth-order valence-electron chi connectivity index (χ4n) is 3.68. The van der Waals surface area contributed by atoms with Gasteiger partial charge in [-0.25, -0.2) is 23.1 Å². The van der Waals surface area contributed by atoms with E-state index in [0.29, 0.717) is 17.0 Å². The standard InChI is InChI=1S/C22H19F3N4O/c23-16-4-3-15(18(24)12-16)13-22(25)6-10-29(11-7-22)21(30)17-2-1-8-27-20(17)19-5-9-26-14-28-19/h1-5,8-9,12,14H,6-7,10-11,13H2. The van der Waals surface area contributed by atoms with Crippen LogP contribution in [0, 0.1) is 11.6 Å². The number of hydrogen-bond donors (Lipinski definition) is 0. The molecule has 0 bridgehead atoms. The number of carbonyl (C=O) groups is 1. The number of hydrogen-bond acceptors (Lipinski definition) is 4. The normalized spacial score (nSPS) is 15.8. The minimum atomic E-state index is -1.65. The summed E-state index contributed by atoms with van der Waals surface area (Å²) in [5.41, 5.74) is -0.170. The number of benzene rings is 1. The second-order valence-corrected chi connectivity index (χ2v) is 7.35. The predicted molar refractivity (Wildman–Crippen MR) is 104 cm³/mol. The van der Waals surface area contributed by atoms with Crippen LogP contribution in [0.2, 0.25) is 0 Å². The molecule has 0 N–H and O–H groups in total. The Kier molecular flexibility index (Phi) is 5.48. The van der Waals surface area contributed by atoms with Crippen molar-refractivity contribution >= 4 is 5.91 Å². The van der Waals surface area contributed by atoms with Crippen LogP contribution in [0.15, 0.2) is 55.1 Å². The molecule has 5 nitrogen and oxygen atoms in total. The van der Waals surface area contributed by atoms with Crippen molar-refractivity contribution in [3.63, 3.8) is 0 Å². The Morgan fingerprint density at radius 2 is 1.87 bits per heavy atom. The van der Waals surface area contributed by atoms with Crippen LogP contribution in [0.5, 0.6) is 0 Å². The maximum Gasteiger partial charge on any atom is 0.256 e. The molecule has 0 aliphatic carbocycles. The quantitative estimate of drug-likeness (QED) is 0.650. The summed E-state index contributed by atoms with van der Waals surface area (Å²) in [6.45, 7) is 0.381. The lowest BCUT2D eigenvalue weighted by molar-refractivity contribution is 0.0434. The highest BCUT2D eigenvalue weighted by Crippen LogP contribution is 2.32. The molecule has 3 aromatic rings. The summed E-state index contributed by atoms with van der Waals surface area (Å²) in [5, 5.41) is 0. The third-order valence-electron chi connectivity index (χ3n) is 5.33. The molecule has 1 aliphatic heterocycles. The maximum absolute atomic E-state index is 15.3. The van der Waals surface area contributed by atoms with Crippen LogP contribution in [0.1, 0.15) is 28.8 Å². The molecule has 1 saturated heterocycles. The molecular formula is C22H19F3N4O. The second kappa shape index (κ2) is 8.22. The van der Waals surface area contributed by atoms with Gasteiger partial charge in [0.1, 0.15) is 29.3 Å². The third-order valence-corrected chi connectivity index (χ3v) is 5.33. The van der Waals surface area contributed by atoms with E-state index in [2.05, 4.69) is 15.0 Å². The number of likely N-dealkylation sites (tertiary alicyclic amines) is 1. The summed E-state index contributed by atoms with van der Waals surface area (Å²) < 4.78 is 42.3. The fourth-order valence-corrected chi connectivity index (χ4v) is 3.68. The van der Waals surface area contributed by atoms with E-state index in [1.54, 1.807) is 35.5 Å². The molecule has 8 heteroatoms. The van der Waals surface area contributed by atoms with Crippen LogP contribution < -0.4 is 0 Å². The Morgan fingerprint density at radius 1 is 1.07 bits per heavy atom. The van der Waals surface area contributed by atoms with Crippen molar-refractivity contribution in [3.05, 3.63) is 77.9 Å². The summed E-state index contributed by atoms with van der Waals surface area (Å²) in [5.74, 6) is -1.71. The minimum absolute atomic E-state index is 0.0681. The molecule has 30 heavy (non-hydrogen) atoms. The second-order valence-electron chi connectivity index (χ2n) is 7.35. The summed E-state index contributed by atoms with van der Waals surface area (Å²) in [6, 6.07) is 8.15. The van der Waals surface area contributed by atoms with E-state index >= 15 is 4.39 Å². The Morgan fingerprint density at radius 3 is 2.57 bits per heavy atom. The van der Waals surface area contributed by atoms with Gasteiger partial charge in [-0.3, -0.25) is 9.78 Å². The van der Waals surface area contributed by atoms with Gasteiger partial charge in [-0.15, -0.1) is 0 Å². The first-order valence-electron chi connectivity index (χ1n) is 9.59. The van der Waals surface area contributed by atoms with E-state index in [4.69, 9.17) is 0 Å². The van der Waals surface area contributed by atoms with Crippen LogP contribution in [0.4, 0.5) is 13.2 Å². The molecule has 0 atom stereocenters. The van der Waals surface area contributed by atoms with Gasteiger partial charge in [0.2, 0.25) is 0 Å². The van der Waals surface area contributed by atoms with Gasteiger partial charge in [-0.05, 0) is 42.7 Å². The van der Waals surface area contributed by atoms with Crippen LogP contribution in [0.25, 0.3) is 11.4 Å². The lowest BCUT2D eigenvalue weighted by Crippen LogP contribution is -2.45. The van der Waals surface area contributed by atoms with Gasteiger partial charge >= 0.3 is 0 Å². The zero-order valence-electron chi connectivity index (χ0n) is 16.1. The SMILES string of the molecule is O=C(c1cccnc1-c1ccncn1)N1CCC(F)(Cc2ccc(F)cc2F)CC1. The predicted octanol–water partition coefficient (Wildman–Crippen LogP) is 4.00. The van der Waals surface area contributed by atoms with Crippen molar-refractivity contribution in [2.24, 2.45) is 0 Å². The fraction of sp³-hybridized carbons (Fsp3) is 0.273. The van der Waals surface area contributed by atoms with Crippen LogP contribution >= 0.6 is 0 Å². The van der Waals surface area contributed by atoms with Crippen molar-refractivity contribution in [1.29, 1.82) is 0 Å². The van der Waals surface area contributed by atoms with Crippen LogP contribution in [-0.4, -0.2) is 44.5 Å². The molecule has 1 amide bonds. The largest absolute Gasteiger partial charge is 0.338 e. The van der Waals surface area contributed by atoms with E-state index < -0.39 is 17.3 Å². The lowest BCUT2D eigenvalue weighted by atomic mass is 9.86. The molecule has 0 radical (unpaired) electrons. The van der Waals surface area contributed by atoms with Crippen molar-refractivity contribution in [1.82, 2.24) is 19.9 Å². The molecule has 1 fully saturated rings. The summed E-state index contributed by atoms with van der Waals surface area (Å²) in [7, 11) is 0. The van der Waals surface area contributed by atoms with Crippen molar-refractivity contribution < 1.29 is 18.0 Å². The number of nitrogens with zero attached hydrogens (tertiary/aromatic N) is 4. The molecule has 3 heterocycles. The van der Waals surface area contributed by atoms with Gasteiger partial charge in [-0.2, -0.15) is 0 Å². The number of carbonyl (C=O) groups excluding carboxylic acids is 1. The van der Waals surface area contributed by atoms with Gasteiger partial charge in [0.25, 0.3) is 5.91 Å². The number of pyridine rings is 1. The third kappa shape index (κ3) is 4.17. The van der Waals surface area contributed by atoms with Crippen LogP contribution in [-0.2, 0) is 6.42 Å². The first-order valence-corrected chi connectivity index (χ1v) is 9.59. The van der Waals surface area contributed by atoms with Gasteiger partial charge in [0.05, 0.1) is 11.3 Å². The molecule has 1 aliphatic rings. The lowest BCUT2D eigenvalue weighted by Gasteiger charge is -2.36. The van der Waals surface area contributed by atoms with Crippen molar-refractivity contribution in [3.8, 4) is 11.4 Å². The summed E-state index contributed by atoms with van der Waals surface area (Å²) in [6.07, 6.45) is 4.51. The molecular weight excluding hydrogens is 393 g/mol. The average molecular weight is 412 g/mol. The molecule has 0 spiro atoms. The smallest absolute Gasteiger partial charge is 0.256 e. The Hall–Kier alpha value is -3.29. The summed E-state index contributed by atoms with van der Waals surface area (Å²) >= 11 is 0. The van der Waals surface area contributed by atoms with Crippen LogP contribution in [0.3, 0.4) is 0 Å². The van der Waals surface area contributed by atoms with Gasteiger partial charge in [0, 0.05) is 38.0 Å². The van der Waals surface area contributed by atoms with E-state index in [0.717, 1.165) is 12.1 Å². The van der Waals surface area contributed by atoms with Crippen molar-refractivity contribution in [2.75, 3.05) is 13.1 Å². The number of halogens is 3. The zero-order valence-corrected chi connectivity index (χ0v) is 16.1. The monoisotopic (exact) mass is 412 g/mol. The van der Waals surface area contributed by atoms with E-state index in [1.807, 2.05) is 0 Å². The zero-order chi connectivity index (χ0) is 21.1. The highest BCUT2D eigenvalue weighted by atomic mass is 19.1. The number of alkyl halides is 1. The highest BCUT2D eigenvalue weighted by molar-refractivity contribution is 5.99. The van der Waals surface area contributed by atoms with Gasteiger partial charge < -0.3 is 4.90 Å². The van der Waals surface area contributed by atoms with Gasteiger partial charge in [-0.1, -0.05) is 6.07 Å². The molecule has 0 unspecified atom stereocenters. The summed E-state index contributed by atoms with van der Waals surface area (Å²) in [4.78, 5) is 27.0. The molecule has 4 rings (SSSR count). The van der Waals surface area contributed by atoms with Crippen molar-refractivity contribution in [2.45, 2.75) is 24.9 Å².